The Morgan fingerprint density at radius 3 is 2.59 bits per heavy atom. The number of nitrogens with zero attached hydrogens (tertiary/aromatic N) is 2. The molecule has 1 aromatic rings. The summed E-state index contributed by atoms with van der Waals surface area (Å²) in [5, 5.41) is 6.69. The predicted molar refractivity (Wildman–Crippen MR) is 127 cm³/mol. The van der Waals surface area contributed by atoms with Gasteiger partial charge in [-0.1, -0.05) is 19.9 Å². The largest absolute Gasteiger partial charge is 0.491 e. The van der Waals surface area contributed by atoms with Gasteiger partial charge in [0.2, 0.25) is 0 Å². The molecule has 1 aliphatic heterocycles. The van der Waals surface area contributed by atoms with Crippen LogP contribution in [0.4, 0.5) is 4.39 Å². The van der Waals surface area contributed by atoms with Crippen molar-refractivity contribution in [3.8, 4) is 5.75 Å². The van der Waals surface area contributed by atoms with Gasteiger partial charge in [-0.3, -0.25) is 9.89 Å². The average molecular weight is 522 g/mol. The minimum atomic E-state index is -0.339. The summed E-state index contributed by atoms with van der Waals surface area (Å²) >= 11 is 0. The fourth-order valence-electron chi connectivity index (χ4n) is 3.40. The molecule has 0 bridgehead atoms. The van der Waals surface area contributed by atoms with E-state index < -0.39 is 0 Å². The highest BCUT2D eigenvalue weighted by molar-refractivity contribution is 14.0. The molecule has 1 unspecified atom stereocenters. The number of hydrogen-bond acceptors (Lipinski definition) is 4. The van der Waals surface area contributed by atoms with Crippen LogP contribution in [0.5, 0.6) is 5.75 Å². The number of hydrogen-bond donors (Lipinski definition) is 2. The van der Waals surface area contributed by atoms with Crippen LogP contribution in [0.3, 0.4) is 0 Å². The van der Waals surface area contributed by atoms with Crippen LogP contribution in [-0.2, 0) is 11.3 Å². The molecule has 1 fully saturated rings. The molecule has 1 atom stereocenters. The lowest BCUT2D eigenvalue weighted by Gasteiger charge is -2.35. The van der Waals surface area contributed by atoms with Gasteiger partial charge in [0.25, 0.3) is 0 Å². The Bertz CT molecular complexity index is 625. The summed E-state index contributed by atoms with van der Waals surface area (Å²) in [5.41, 5.74) is 0.843. The lowest BCUT2D eigenvalue weighted by Crippen LogP contribution is -2.50. The van der Waals surface area contributed by atoms with Gasteiger partial charge >= 0.3 is 0 Å². The number of morpholine rings is 1. The van der Waals surface area contributed by atoms with Gasteiger partial charge in [-0.25, -0.2) is 4.39 Å². The Morgan fingerprint density at radius 1 is 1.28 bits per heavy atom. The number of benzene rings is 1. The van der Waals surface area contributed by atoms with E-state index in [2.05, 4.69) is 34.4 Å². The minimum Gasteiger partial charge on any atom is -0.491 e. The second kappa shape index (κ2) is 14.0. The molecule has 0 amide bonds. The lowest BCUT2D eigenvalue weighted by molar-refractivity contribution is 0.0132. The van der Waals surface area contributed by atoms with Crippen LogP contribution in [0, 0.1) is 11.7 Å². The highest BCUT2D eigenvalue weighted by atomic mass is 127. The fraction of sp³-hybridized carbons (Fsp3) is 0.667. The molecule has 0 radical (unpaired) electrons. The number of nitrogens with one attached hydrogen (secondary N) is 2. The Morgan fingerprint density at radius 2 is 2.00 bits per heavy atom. The zero-order valence-electron chi connectivity index (χ0n) is 18.0. The molecule has 0 aromatic heterocycles. The molecule has 166 valence electrons. The van der Waals surface area contributed by atoms with Crippen molar-refractivity contribution in [2.45, 2.75) is 39.8 Å². The second-order valence-corrected chi connectivity index (χ2v) is 7.44. The van der Waals surface area contributed by atoms with Gasteiger partial charge in [-0.15, -0.1) is 24.0 Å². The number of guanidine groups is 1. The van der Waals surface area contributed by atoms with Crippen molar-refractivity contribution in [3.05, 3.63) is 29.6 Å². The molecule has 1 heterocycles. The van der Waals surface area contributed by atoms with Crippen LogP contribution in [0.2, 0.25) is 0 Å². The van der Waals surface area contributed by atoms with Gasteiger partial charge in [-0.2, -0.15) is 0 Å². The van der Waals surface area contributed by atoms with Crippen LogP contribution < -0.4 is 15.4 Å². The molecular weight excluding hydrogens is 486 g/mol. The highest BCUT2D eigenvalue weighted by Crippen LogP contribution is 2.18. The number of aliphatic imine (C=N–C) groups is 1. The third-order valence-electron chi connectivity index (χ3n) is 4.79. The van der Waals surface area contributed by atoms with E-state index in [9.17, 15) is 4.39 Å². The molecule has 0 spiro atoms. The SMILES string of the molecule is CCOc1ccc(CNC(=NC)NCC(CC(C)C)N2CCOCC2)cc1F.I. The van der Waals surface area contributed by atoms with Crippen molar-refractivity contribution in [3.63, 3.8) is 0 Å². The molecule has 2 rings (SSSR count). The standard InChI is InChI=1S/C21H35FN4O2.HI/c1-5-28-20-7-6-17(13-19(20)22)14-24-21(23-4)25-15-18(12-16(2)3)26-8-10-27-11-9-26;/h6-7,13,16,18H,5,8-12,14-15H2,1-4H3,(H2,23,24,25);1H. The van der Waals surface area contributed by atoms with E-state index in [4.69, 9.17) is 9.47 Å². The summed E-state index contributed by atoms with van der Waals surface area (Å²) in [4.78, 5) is 6.79. The van der Waals surface area contributed by atoms with Gasteiger partial charge in [0.15, 0.2) is 17.5 Å². The van der Waals surface area contributed by atoms with Crippen LogP contribution in [0.15, 0.2) is 23.2 Å². The summed E-state index contributed by atoms with van der Waals surface area (Å²) in [6.07, 6.45) is 1.12. The summed E-state index contributed by atoms with van der Waals surface area (Å²) < 4.78 is 24.7. The maximum atomic E-state index is 14.0. The van der Waals surface area contributed by atoms with E-state index in [1.807, 2.05) is 13.0 Å². The number of ether oxygens (including phenoxy) is 2. The molecular formula is C21H36FIN4O2. The van der Waals surface area contributed by atoms with Gasteiger partial charge in [0.1, 0.15) is 0 Å². The van der Waals surface area contributed by atoms with Crippen molar-refractivity contribution < 1.29 is 13.9 Å². The third-order valence-corrected chi connectivity index (χ3v) is 4.79. The quantitative estimate of drug-likeness (QED) is 0.296. The van der Waals surface area contributed by atoms with Crippen molar-refractivity contribution in [1.82, 2.24) is 15.5 Å². The van der Waals surface area contributed by atoms with Crippen LogP contribution in [0.25, 0.3) is 0 Å². The Labute approximate surface area is 191 Å². The lowest BCUT2D eigenvalue weighted by atomic mass is 10.0. The van der Waals surface area contributed by atoms with E-state index in [1.165, 1.54) is 6.07 Å². The van der Waals surface area contributed by atoms with Crippen molar-refractivity contribution in [2.75, 3.05) is 46.5 Å². The van der Waals surface area contributed by atoms with E-state index in [1.54, 1.807) is 13.1 Å². The normalized spacial score (nSPS) is 16.3. The minimum absolute atomic E-state index is 0. The molecule has 8 heteroatoms. The van der Waals surface area contributed by atoms with Crippen molar-refractivity contribution >= 4 is 29.9 Å². The maximum absolute atomic E-state index is 14.0. The van der Waals surface area contributed by atoms with Gasteiger partial charge < -0.3 is 20.1 Å². The molecule has 0 aliphatic carbocycles. The van der Waals surface area contributed by atoms with E-state index in [0.717, 1.165) is 50.8 Å². The first-order valence-electron chi connectivity index (χ1n) is 10.2. The summed E-state index contributed by atoms with van der Waals surface area (Å²) in [6.45, 7) is 11.6. The molecule has 1 saturated heterocycles. The fourth-order valence-corrected chi connectivity index (χ4v) is 3.40. The first-order chi connectivity index (χ1) is 13.5. The molecule has 2 N–H and O–H groups in total. The molecule has 29 heavy (non-hydrogen) atoms. The van der Waals surface area contributed by atoms with Gasteiger partial charge in [0, 0.05) is 39.3 Å². The zero-order valence-corrected chi connectivity index (χ0v) is 20.4. The van der Waals surface area contributed by atoms with E-state index >= 15 is 0 Å². The maximum Gasteiger partial charge on any atom is 0.191 e. The van der Waals surface area contributed by atoms with Gasteiger partial charge in [-0.05, 0) is 37.0 Å². The monoisotopic (exact) mass is 522 g/mol. The Kier molecular flexibility index (Phi) is 12.5. The molecule has 1 aliphatic rings. The van der Waals surface area contributed by atoms with E-state index in [-0.39, 0.29) is 35.5 Å². The molecule has 0 saturated carbocycles. The predicted octanol–water partition coefficient (Wildman–Crippen LogP) is 3.25. The number of halogens is 2. The summed E-state index contributed by atoms with van der Waals surface area (Å²) in [6, 6.07) is 5.47. The zero-order chi connectivity index (χ0) is 20.4. The second-order valence-electron chi connectivity index (χ2n) is 7.44. The first-order valence-corrected chi connectivity index (χ1v) is 10.2. The Hall–Kier alpha value is -1.13. The van der Waals surface area contributed by atoms with Gasteiger partial charge in [0.05, 0.1) is 19.8 Å². The van der Waals surface area contributed by atoms with Crippen LogP contribution >= 0.6 is 24.0 Å². The number of rotatable bonds is 9. The van der Waals surface area contributed by atoms with Crippen LogP contribution in [-0.4, -0.2) is 63.4 Å². The topological polar surface area (TPSA) is 58.1 Å². The van der Waals surface area contributed by atoms with Crippen molar-refractivity contribution in [2.24, 2.45) is 10.9 Å². The van der Waals surface area contributed by atoms with Crippen LogP contribution in [0.1, 0.15) is 32.8 Å². The molecule has 1 aromatic carbocycles. The summed E-state index contributed by atoms with van der Waals surface area (Å²) in [7, 11) is 1.75. The van der Waals surface area contributed by atoms with Crippen molar-refractivity contribution in [1.29, 1.82) is 0 Å². The highest BCUT2D eigenvalue weighted by Gasteiger charge is 2.22. The third kappa shape index (κ3) is 9.04. The average Bonchev–Trinajstić information content (AvgIpc) is 2.69. The first kappa shape index (κ1) is 25.9. The smallest absolute Gasteiger partial charge is 0.191 e. The van der Waals surface area contributed by atoms with E-state index in [0.29, 0.717) is 25.1 Å². The molecule has 6 nitrogen and oxygen atoms in total. The summed E-state index contributed by atoms with van der Waals surface area (Å²) in [5.74, 6) is 1.29. The Balaban J connectivity index is 0.00000420.